The van der Waals surface area contributed by atoms with Crippen LogP contribution in [0.2, 0.25) is 0 Å². The second-order valence-corrected chi connectivity index (χ2v) is 7.03. The fourth-order valence-corrected chi connectivity index (χ4v) is 3.79. The number of benzene rings is 1. The third-order valence-corrected chi connectivity index (χ3v) is 5.15. The quantitative estimate of drug-likeness (QED) is 0.638. The predicted octanol–water partition coefficient (Wildman–Crippen LogP) is 4.17. The van der Waals surface area contributed by atoms with Crippen molar-refractivity contribution in [2.24, 2.45) is 11.7 Å². The van der Waals surface area contributed by atoms with Crippen molar-refractivity contribution in [2.75, 3.05) is 12.3 Å². The largest absolute Gasteiger partial charge is 0.391 e. The summed E-state index contributed by atoms with van der Waals surface area (Å²) in [5.41, 5.74) is 7.98. The summed E-state index contributed by atoms with van der Waals surface area (Å²) in [4.78, 5) is 1.32. The van der Waals surface area contributed by atoms with Gasteiger partial charge in [0.15, 0.2) is 0 Å². The van der Waals surface area contributed by atoms with E-state index >= 15 is 0 Å². The minimum atomic E-state index is -0.433. The average molecular weight is 310 g/mol. The third kappa shape index (κ3) is 6.86. The van der Waals surface area contributed by atoms with Crippen LogP contribution in [0.1, 0.15) is 50.7 Å². The summed E-state index contributed by atoms with van der Waals surface area (Å²) in [5, 5.41) is 9.75. The van der Waals surface area contributed by atoms with Gasteiger partial charge < -0.3 is 10.8 Å². The maximum atomic E-state index is 9.75. The zero-order chi connectivity index (χ0) is 15.7. The van der Waals surface area contributed by atoms with Crippen LogP contribution in [-0.2, 0) is 6.42 Å². The number of hydrogen-bond acceptors (Lipinski definition) is 3. The molecule has 3 N–H and O–H groups in total. The standard InChI is InChI=1S/C18H31NOS/c1-4-6-15(7-5-2)13-21-18-9-8-14(3)16(11-18)10-17(20)12-19/h8-9,11,15,17,20H,4-7,10,12-13,19H2,1-3H3. The third-order valence-electron chi connectivity index (χ3n) is 3.93. The highest BCUT2D eigenvalue weighted by Crippen LogP contribution is 2.27. The Balaban J connectivity index is 2.64. The van der Waals surface area contributed by atoms with Gasteiger partial charge in [-0.05, 0) is 55.4 Å². The first-order chi connectivity index (χ1) is 10.1. The highest BCUT2D eigenvalue weighted by molar-refractivity contribution is 7.99. The topological polar surface area (TPSA) is 46.2 Å². The van der Waals surface area contributed by atoms with Gasteiger partial charge in [-0.1, -0.05) is 32.8 Å². The SMILES string of the molecule is CCCC(CCC)CSc1ccc(C)c(CC(O)CN)c1. The number of rotatable bonds is 10. The van der Waals surface area contributed by atoms with Crippen molar-refractivity contribution in [3.05, 3.63) is 29.3 Å². The molecule has 0 amide bonds. The van der Waals surface area contributed by atoms with Gasteiger partial charge in [-0.15, -0.1) is 11.8 Å². The molecule has 0 fully saturated rings. The molecule has 1 aromatic carbocycles. The molecule has 2 nitrogen and oxygen atoms in total. The number of hydrogen-bond donors (Lipinski definition) is 2. The lowest BCUT2D eigenvalue weighted by Gasteiger charge is -2.16. The predicted molar refractivity (Wildman–Crippen MR) is 94.0 cm³/mol. The van der Waals surface area contributed by atoms with Crippen LogP contribution in [0.25, 0.3) is 0 Å². The van der Waals surface area contributed by atoms with Crippen molar-refractivity contribution >= 4 is 11.8 Å². The van der Waals surface area contributed by atoms with Crippen molar-refractivity contribution in [3.8, 4) is 0 Å². The van der Waals surface area contributed by atoms with Crippen molar-refractivity contribution in [3.63, 3.8) is 0 Å². The molecule has 0 saturated carbocycles. The van der Waals surface area contributed by atoms with Crippen molar-refractivity contribution < 1.29 is 5.11 Å². The Morgan fingerprint density at radius 3 is 2.43 bits per heavy atom. The minimum absolute atomic E-state index is 0.325. The van der Waals surface area contributed by atoms with Crippen LogP contribution in [0.15, 0.2) is 23.1 Å². The molecule has 0 heterocycles. The lowest BCUT2D eigenvalue weighted by atomic mass is 10.0. The molecular formula is C18H31NOS. The van der Waals surface area contributed by atoms with Crippen LogP contribution >= 0.6 is 11.8 Å². The summed E-state index contributed by atoms with van der Waals surface area (Å²) in [6.07, 6.45) is 5.41. The Morgan fingerprint density at radius 2 is 1.86 bits per heavy atom. The summed E-state index contributed by atoms with van der Waals surface area (Å²) < 4.78 is 0. The summed E-state index contributed by atoms with van der Waals surface area (Å²) in [6, 6.07) is 6.59. The van der Waals surface area contributed by atoms with E-state index < -0.39 is 6.10 Å². The van der Waals surface area contributed by atoms with Crippen molar-refractivity contribution in [1.29, 1.82) is 0 Å². The molecule has 1 unspecified atom stereocenters. The van der Waals surface area contributed by atoms with E-state index in [2.05, 4.69) is 39.0 Å². The second-order valence-electron chi connectivity index (χ2n) is 5.94. The first kappa shape index (κ1) is 18.5. The van der Waals surface area contributed by atoms with Crippen LogP contribution in [0, 0.1) is 12.8 Å². The van der Waals surface area contributed by atoms with Crippen LogP contribution in [0.4, 0.5) is 0 Å². The van der Waals surface area contributed by atoms with Gasteiger partial charge in [0, 0.05) is 17.2 Å². The van der Waals surface area contributed by atoms with Gasteiger partial charge in [0.2, 0.25) is 0 Å². The number of aryl methyl sites for hydroxylation is 1. The Morgan fingerprint density at radius 1 is 1.19 bits per heavy atom. The smallest absolute Gasteiger partial charge is 0.0702 e. The van der Waals surface area contributed by atoms with E-state index in [1.807, 2.05) is 11.8 Å². The van der Waals surface area contributed by atoms with E-state index in [1.54, 1.807) is 0 Å². The maximum absolute atomic E-state index is 9.75. The van der Waals surface area contributed by atoms with Gasteiger partial charge >= 0.3 is 0 Å². The monoisotopic (exact) mass is 309 g/mol. The van der Waals surface area contributed by atoms with Gasteiger partial charge in [0.25, 0.3) is 0 Å². The molecule has 3 heteroatoms. The first-order valence-corrected chi connectivity index (χ1v) is 9.19. The fourth-order valence-electron chi connectivity index (χ4n) is 2.64. The molecule has 0 bridgehead atoms. The van der Waals surface area contributed by atoms with E-state index in [0.29, 0.717) is 13.0 Å². The molecule has 21 heavy (non-hydrogen) atoms. The zero-order valence-corrected chi connectivity index (χ0v) is 14.6. The molecule has 0 aliphatic carbocycles. The second kappa shape index (κ2) is 10.3. The van der Waals surface area contributed by atoms with Crippen LogP contribution in [-0.4, -0.2) is 23.5 Å². The first-order valence-electron chi connectivity index (χ1n) is 8.21. The molecule has 0 aliphatic heterocycles. The molecule has 120 valence electrons. The zero-order valence-electron chi connectivity index (χ0n) is 13.8. The van der Waals surface area contributed by atoms with E-state index in [4.69, 9.17) is 5.73 Å². The van der Waals surface area contributed by atoms with Gasteiger partial charge in [-0.3, -0.25) is 0 Å². The lowest BCUT2D eigenvalue weighted by Crippen LogP contribution is -2.22. The molecular weight excluding hydrogens is 278 g/mol. The lowest BCUT2D eigenvalue weighted by molar-refractivity contribution is 0.183. The van der Waals surface area contributed by atoms with E-state index in [1.165, 1.54) is 47.5 Å². The Hall–Kier alpha value is -0.510. The van der Waals surface area contributed by atoms with Gasteiger partial charge in [0.05, 0.1) is 6.10 Å². The Kier molecular flexibility index (Phi) is 9.05. The number of aliphatic hydroxyl groups excluding tert-OH is 1. The van der Waals surface area contributed by atoms with E-state index in [9.17, 15) is 5.11 Å². The fraction of sp³-hybridized carbons (Fsp3) is 0.667. The number of thioether (sulfide) groups is 1. The van der Waals surface area contributed by atoms with E-state index in [0.717, 1.165) is 5.92 Å². The summed E-state index contributed by atoms with van der Waals surface area (Å²) in [7, 11) is 0. The van der Waals surface area contributed by atoms with Gasteiger partial charge in [-0.25, -0.2) is 0 Å². The molecule has 0 saturated heterocycles. The molecule has 0 aromatic heterocycles. The summed E-state index contributed by atoms with van der Waals surface area (Å²) in [5.74, 6) is 2.02. The van der Waals surface area contributed by atoms with Crippen LogP contribution in [0.3, 0.4) is 0 Å². The average Bonchev–Trinajstić information content (AvgIpc) is 2.48. The normalized spacial score (nSPS) is 12.9. The van der Waals surface area contributed by atoms with Crippen molar-refractivity contribution in [2.45, 2.75) is 63.9 Å². The van der Waals surface area contributed by atoms with E-state index in [-0.39, 0.29) is 0 Å². The molecule has 0 radical (unpaired) electrons. The highest BCUT2D eigenvalue weighted by atomic mass is 32.2. The van der Waals surface area contributed by atoms with Gasteiger partial charge in [-0.2, -0.15) is 0 Å². The summed E-state index contributed by atoms with van der Waals surface area (Å²) >= 11 is 1.95. The molecule has 1 rings (SSSR count). The van der Waals surface area contributed by atoms with Crippen LogP contribution < -0.4 is 5.73 Å². The maximum Gasteiger partial charge on any atom is 0.0702 e. The molecule has 1 aromatic rings. The molecule has 0 aliphatic rings. The molecule has 0 spiro atoms. The number of nitrogens with two attached hydrogens (primary N) is 1. The van der Waals surface area contributed by atoms with Gasteiger partial charge in [0.1, 0.15) is 0 Å². The summed E-state index contributed by atoms with van der Waals surface area (Å²) in [6.45, 7) is 6.97. The Labute approximate surface area is 134 Å². The molecule has 1 atom stereocenters. The Bertz CT molecular complexity index is 402. The van der Waals surface area contributed by atoms with Crippen molar-refractivity contribution in [1.82, 2.24) is 0 Å². The van der Waals surface area contributed by atoms with Crippen LogP contribution in [0.5, 0.6) is 0 Å². The number of aliphatic hydroxyl groups is 1. The minimum Gasteiger partial charge on any atom is -0.391 e. The highest BCUT2D eigenvalue weighted by Gasteiger charge is 2.10.